The topological polar surface area (TPSA) is 88.9 Å². The summed E-state index contributed by atoms with van der Waals surface area (Å²) in [5, 5.41) is 15.5. The summed E-state index contributed by atoms with van der Waals surface area (Å²) in [5.41, 5.74) is 0.699. The first-order chi connectivity index (χ1) is 19.9. The smallest absolute Gasteiger partial charge is 0.411 e. The van der Waals surface area contributed by atoms with Gasteiger partial charge in [0, 0.05) is 43.5 Å². The Bertz CT molecular complexity index is 1350. The van der Waals surface area contributed by atoms with Gasteiger partial charge in [0.15, 0.2) is 0 Å². The summed E-state index contributed by atoms with van der Waals surface area (Å²) < 4.78 is 27.4. The van der Waals surface area contributed by atoms with E-state index in [1.807, 2.05) is 67.7 Å². The summed E-state index contributed by atoms with van der Waals surface area (Å²) in [6.45, 7) is 8.64. The maximum Gasteiger partial charge on any atom is 0.411 e. The minimum atomic E-state index is -0.694. The number of nitrogens with zero attached hydrogens (tertiary/aromatic N) is 3. The summed E-state index contributed by atoms with van der Waals surface area (Å²) in [5.74, 6) is 1.30. The lowest BCUT2D eigenvalue weighted by atomic mass is 9.74. The third kappa shape index (κ3) is 6.47. The molecule has 0 bridgehead atoms. The zero-order valence-corrected chi connectivity index (χ0v) is 25.2. The second kappa shape index (κ2) is 12.1. The minimum Gasteiger partial charge on any atom is -0.486 e. The minimum absolute atomic E-state index is 0.146. The van der Waals surface area contributed by atoms with Crippen molar-refractivity contribution in [3.63, 3.8) is 0 Å². The van der Waals surface area contributed by atoms with E-state index in [4.69, 9.17) is 9.47 Å². The van der Waals surface area contributed by atoms with Crippen molar-refractivity contribution in [2.45, 2.75) is 96.4 Å². The average molecular weight is 579 g/mol. The zero-order chi connectivity index (χ0) is 30.1. The van der Waals surface area contributed by atoms with E-state index in [0.29, 0.717) is 19.6 Å². The molecule has 226 valence electrons. The number of rotatable bonds is 7. The van der Waals surface area contributed by atoms with Gasteiger partial charge in [0.05, 0.1) is 12.1 Å². The van der Waals surface area contributed by atoms with E-state index < -0.39 is 23.2 Å². The van der Waals surface area contributed by atoms with Gasteiger partial charge in [-0.3, -0.25) is 4.90 Å². The van der Waals surface area contributed by atoms with Gasteiger partial charge in [-0.2, -0.15) is 0 Å². The van der Waals surface area contributed by atoms with Crippen LogP contribution in [0.3, 0.4) is 0 Å². The van der Waals surface area contributed by atoms with E-state index in [0.717, 1.165) is 42.0 Å². The van der Waals surface area contributed by atoms with Crippen molar-refractivity contribution in [1.29, 1.82) is 0 Å². The number of carbonyl (C=O) groups is 1. The zero-order valence-electron chi connectivity index (χ0n) is 25.2. The fraction of sp³-hybridized carbons (Fsp3) is 0.515. The lowest BCUT2D eigenvalue weighted by Crippen LogP contribution is -2.52. The Kier molecular flexibility index (Phi) is 8.62. The number of carbonyl (C=O) groups excluding carboxylic acids is 1. The van der Waals surface area contributed by atoms with Gasteiger partial charge >= 0.3 is 6.09 Å². The molecule has 0 unspecified atom stereocenters. The van der Waals surface area contributed by atoms with E-state index in [1.54, 1.807) is 18.3 Å². The molecule has 3 aromatic rings. The van der Waals surface area contributed by atoms with Crippen molar-refractivity contribution < 1.29 is 23.8 Å². The number of aryl methyl sites for hydroxylation is 1. The number of amides is 1. The van der Waals surface area contributed by atoms with Crippen molar-refractivity contribution in [3.05, 3.63) is 83.7 Å². The van der Waals surface area contributed by atoms with Crippen molar-refractivity contribution >= 4 is 6.09 Å². The number of halogens is 1. The van der Waals surface area contributed by atoms with Crippen LogP contribution in [0.15, 0.2) is 60.9 Å². The van der Waals surface area contributed by atoms with Crippen LogP contribution >= 0.6 is 0 Å². The number of nitrogens with one attached hydrogen (secondary N) is 1. The molecule has 2 aliphatic rings. The largest absolute Gasteiger partial charge is 0.486 e. The Balaban J connectivity index is 1.29. The molecule has 1 saturated heterocycles. The van der Waals surface area contributed by atoms with Crippen molar-refractivity contribution in [1.82, 2.24) is 19.8 Å². The molecule has 1 amide bonds. The molecule has 2 heterocycles. The number of benzene rings is 2. The molecule has 2 fully saturated rings. The SMILES string of the molecule is Cn1ccnc1COc1ccc(CN[C@H]2CCC[C@H]3N(C(=O)OC(C)(C)C)[C@@H](c4ccc(F)cc4)C[C@@]3(C)[C@@H]2O)cc1. The Labute approximate surface area is 247 Å². The lowest BCUT2D eigenvalue weighted by molar-refractivity contribution is -0.0186. The lowest BCUT2D eigenvalue weighted by Gasteiger charge is -2.39. The summed E-state index contributed by atoms with van der Waals surface area (Å²) in [7, 11) is 1.94. The fourth-order valence-electron chi connectivity index (χ4n) is 6.50. The highest BCUT2D eigenvalue weighted by molar-refractivity contribution is 5.70. The summed E-state index contributed by atoms with van der Waals surface area (Å²) >= 11 is 0. The molecule has 1 aliphatic carbocycles. The van der Waals surface area contributed by atoms with Crippen molar-refractivity contribution in [3.8, 4) is 5.75 Å². The van der Waals surface area contributed by atoms with Gasteiger partial charge < -0.3 is 24.5 Å². The maximum atomic E-state index is 13.8. The predicted octanol–water partition coefficient (Wildman–Crippen LogP) is 5.90. The third-order valence-electron chi connectivity index (χ3n) is 8.76. The van der Waals surface area contributed by atoms with Crippen LogP contribution in [0.5, 0.6) is 5.75 Å². The Morgan fingerprint density at radius 2 is 1.86 bits per heavy atom. The van der Waals surface area contributed by atoms with E-state index in [-0.39, 0.29) is 23.9 Å². The molecule has 1 saturated carbocycles. The molecular formula is C33H43FN4O4. The molecule has 0 spiro atoms. The van der Waals surface area contributed by atoms with Gasteiger partial charge in [0.25, 0.3) is 0 Å². The highest BCUT2D eigenvalue weighted by atomic mass is 19.1. The number of hydrogen-bond donors (Lipinski definition) is 2. The van der Waals surface area contributed by atoms with E-state index in [1.165, 1.54) is 12.1 Å². The normalized spacial score (nSPS) is 26.0. The van der Waals surface area contributed by atoms with Crippen LogP contribution in [0.2, 0.25) is 0 Å². The van der Waals surface area contributed by atoms with Crippen LogP contribution in [-0.2, 0) is 24.9 Å². The Morgan fingerprint density at radius 3 is 2.50 bits per heavy atom. The second-order valence-corrected chi connectivity index (χ2v) is 12.9. The molecule has 42 heavy (non-hydrogen) atoms. The third-order valence-corrected chi connectivity index (χ3v) is 8.76. The van der Waals surface area contributed by atoms with Crippen LogP contribution in [0.25, 0.3) is 0 Å². The Hall–Kier alpha value is -3.43. The highest BCUT2D eigenvalue weighted by Gasteiger charge is 2.57. The number of fused-ring (bicyclic) bond motifs is 1. The van der Waals surface area contributed by atoms with Crippen molar-refractivity contribution in [2.75, 3.05) is 0 Å². The van der Waals surface area contributed by atoms with E-state index in [2.05, 4.69) is 17.2 Å². The van der Waals surface area contributed by atoms with Crippen LogP contribution < -0.4 is 10.1 Å². The molecule has 1 aromatic heterocycles. The first kappa shape index (κ1) is 30.0. The molecule has 8 nitrogen and oxygen atoms in total. The molecule has 0 radical (unpaired) electrons. The Morgan fingerprint density at radius 1 is 1.14 bits per heavy atom. The first-order valence-electron chi connectivity index (χ1n) is 14.8. The first-order valence-corrected chi connectivity index (χ1v) is 14.8. The van der Waals surface area contributed by atoms with Gasteiger partial charge in [-0.1, -0.05) is 31.2 Å². The monoisotopic (exact) mass is 578 g/mol. The molecule has 2 N–H and O–H groups in total. The second-order valence-electron chi connectivity index (χ2n) is 12.9. The summed E-state index contributed by atoms with van der Waals surface area (Å²) in [6, 6.07) is 13.6. The quantitative estimate of drug-likeness (QED) is 0.363. The van der Waals surface area contributed by atoms with E-state index in [9.17, 15) is 14.3 Å². The molecule has 9 heteroatoms. The van der Waals surface area contributed by atoms with Crippen LogP contribution in [0.4, 0.5) is 9.18 Å². The number of imidazole rings is 1. The van der Waals surface area contributed by atoms with Gasteiger partial charge in [0.2, 0.25) is 0 Å². The number of ether oxygens (including phenoxy) is 2. The standard InChI is InChI=1S/C33H43FN4O4/c1-32(2,3)42-31(40)38-27(23-11-13-24(34)14-12-23)19-33(4)28(38)8-6-7-26(30(33)39)36-20-22-9-15-25(16-10-22)41-21-29-35-17-18-37(29)5/h9-18,26-28,30,36,39H,6-8,19-21H2,1-5H3/t26-,27+,28+,30+,33+/m0/s1. The highest BCUT2D eigenvalue weighted by Crippen LogP contribution is 2.53. The number of hydrogen-bond acceptors (Lipinski definition) is 6. The number of likely N-dealkylation sites (tertiary alicyclic amines) is 1. The predicted molar refractivity (Wildman–Crippen MR) is 158 cm³/mol. The number of aliphatic hydroxyl groups excluding tert-OH is 1. The fourth-order valence-corrected chi connectivity index (χ4v) is 6.50. The molecule has 5 rings (SSSR count). The maximum absolute atomic E-state index is 13.8. The van der Waals surface area contributed by atoms with Crippen molar-refractivity contribution in [2.24, 2.45) is 12.5 Å². The number of aliphatic hydroxyl groups is 1. The summed E-state index contributed by atoms with van der Waals surface area (Å²) in [6.07, 6.45) is 5.51. The molecular weight excluding hydrogens is 535 g/mol. The van der Waals surface area contributed by atoms with Crippen LogP contribution in [0, 0.1) is 11.2 Å². The van der Waals surface area contributed by atoms with Gasteiger partial charge in [-0.05, 0) is 81.8 Å². The van der Waals surface area contributed by atoms with Gasteiger partial charge in [-0.15, -0.1) is 0 Å². The molecule has 1 aliphatic heterocycles. The van der Waals surface area contributed by atoms with Crippen LogP contribution in [-0.4, -0.2) is 49.4 Å². The van der Waals surface area contributed by atoms with Gasteiger partial charge in [-0.25, -0.2) is 14.2 Å². The molecule has 2 aromatic carbocycles. The van der Waals surface area contributed by atoms with Crippen LogP contribution in [0.1, 0.15) is 76.4 Å². The van der Waals surface area contributed by atoms with E-state index >= 15 is 0 Å². The summed E-state index contributed by atoms with van der Waals surface area (Å²) in [4.78, 5) is 19.7. The molecule has 5 atom stereocenters. The number of aromatic nitrogens is 2. The average Bonchev–Trinajstić information content (AvgIpc) is 3.46. The van der Waals surface area contributed by atoms with Gasteiger partial charge in [0.1, 0.15) is 29.6 Å².